The second-order valence-electron chi connectivity index (χ2n) is 10.1. The average Bonchev–Trinajstić information content (AvgIpc) is 3.45. The highest BCUT2D eigenvalue weighted by molar-refractivity contribution is 7.89. The Hall–Kier alpha value is -3.10. The number of aromatic nitrogens is 2. The minimum atomic E-state index is -3.78. The lowest BCUT2D eigenvalue weighted by Gasteiger charge is -2.30. The number of esters is 2. The molecule has 0 unspecified atom stereocenters. The highest BCUT2D eigenvalue weighted by Gasteiger charge is 2.35. The normalized spacial score (nSPS) is 18.8. The summed E-state index contributed by atoms with van der Waals surface area (Å²) in [4.78, 5) is 28.0. The molecular formula is C29H34Cl2F2N4O6S. The molecule has 44 heavy (non-hydrogen) atoms. The van der Waals surface area contributed by atoms with Crippen LogP contribution in [-0.4, -0.2) is 60.4 Å². The van der Waals surface area contributed by atoms with E-state index in [1.807, 2.05) is 0 Å². The maximum atomic E-state index is 13.5. The number of piperidine rings is 2. The summed E-state index contributed by atoms with van der Waals surface area (Å²) in [7, 11) is -2.10. The number of nitrogens with one attached hydrogen (secondary N) is 1. The average molecular weight is 676 g/mol. The standard InChI is InChI=1S/C16H17ClFN3O4S.C12H13ClFNO2.CH4/c1-20-9-15(19-10-20)26(23,24)21-6-2-3-11(8-21)16(22)25-12-4-5-13(17)14(18)7-12;13-10-4-3-9(6-11(10)14)17-12(16)8-2-1-5-15-7-8;/h4-5,7,9-11H,2-3,6,8H2,1H3;3-4,6,8,15H,1-2,5,7H2;1H4/t11-;8-;/m00./s1. The summed E-state index contributed by atoms with van der Waals surface area (Å²) in [6, 6.07) is 7.67. The molecule has 1 aromatic heterocycles. The number of imidazole rings is 1. The molecule has 5 rings (SSSR count). The fourth-order valence-electron chi connectivity index (χ4n) is 4.54. The van der Waals surface area contributed by atoms with Gasteiger partial charge in [0.2, 0.25) is 0 Å². The van der Waals surface area contributed by atoms with Crippen molar-refractivity contribution in [2.45, 2.75) is 38.1 Å². The van der Waals surface area contributed by atoms with E-state index in [1.165, 1.54) is 45.7 Å². The summed E-state index contributed by atoms with van der Waals surface area (Å²) in [6.45, 7) is 1.85. The van der Waals surface area contributed by atoms with Crippen LogP contribution in [0.4, 0.5) is 8.78 Å². The molecule has 0 aliphatic carbocycles. The van der Waals surface area contributed by atoms with E-state index in [-0.39, 0.29) is 52.4 Å². The zero-order valence-electron chi connectivity index (χ0n) is 23.1. The number of nitrogens with zero attached hydrogens (tertiary/aromatic N) is 3. The van der Waals surface area contributed by atoms with Gasteiger partial charge in [-0.3, -0.25) is 9.59 Å². The van der Waals surface area contributed by atoms with Gasteiger partial charge in [-0.25, -0.2) is 22.2 Å². The van der Waals surface area contributed by atoms with Gasteiger partial charge in [0, 0.05) is 45.0 Å². The van der Waals surface area contributed by atoms with Crippen LogP contribution in [0, 0.1) is 23.5 Å². The van der Waals surface area contributed by atoms with Gasteiger partial charge in [0.25, 0.3) is 10.0 Å². The van der Waals surface area contributed by atoms with Crippen molar-refractivity contribution < 1.29 is 36.3 Å². The maximum absolute atomic E-state index is 13.5. The molecule has 0 bridgehead atoms. The lowest BCUT2D eigenvalue weighted by atomic mass is 10.00. The molecule has 2 fully saturated rings. The van der Waals surface area contributed by atoms with E-state index in [2.05, 4.69) is 10.3 Å². The lowest BCUT2D eigenvalue weighted by Crippen LogP contribution is -2.43. The van der Waals surface area contributed by atoms with E-state index in [9.17, 15) is 26.8 Å². The third-order valence-electron chi connectivity index (χ3n) is 6.85. The molecule has 2 aliphatic heterocycles. The predicted molar refractivity (Wildman–Crippen MR) is 161 cm³/mol. The van der Waals surface area contributed by atoms with Gasteiger partial charge >= 0.3 is 11.9 Å². The molecule has 2 aliphatic rings. The van der Waals surface area contributed by atoms with Gasteiger partial charge in [-0.1, -0.05) is 30.6 Å². The first kappa shape index (κ1) is 35.4. The molecule has 2 aromatic carbocycles. The molecule has 10 nitrogen and oxygen atoms in total. The van der Waals surface area contributed by atoms with Crippen LogP contribution >= 0.6 is 23.2 Å². The molecule has 0 radical (unpaired) electrons. The Morgan fingerprint density at radius 1 is 0.955 bits per heavy atom. The van der Waals surface area contributed by atoms with E-state index in [0.717, 1.165) is 31.5 Å². The molecule has 2 atom stereocenters. The minimum absolute atomic E-state index is 0. The van der Waals surface area contributed by atoms with E-state index in [0.29, 0.717) is 25.9 Å². The maximum Gasteiger partial charge on any atom is 0.315 e. The summed E-state index contributed by atoms with van der Waals surface area (Å²) in [5.41, 5.74) is 0. The van der Waals surface area contributed by atoms with Gasteiger partial charge in [-0.15, -0.1) is 0 Å². The van der Waals surface area contributed by atoms with Gasteiger partial charge in [0.1, 0.15) is 23.1 Å². The largest absolute Gasteiger partial charge is 0.426 e. The third kappa shape index (κ3) is 9.21. The number of rotatable bonds is 6. The monoisotopic (exact) mass is 674 g/mol. The third-order valence-corrected chi connectivity index (χ3v) is 9.22. The number of hydrogen-bond donors (Lipinski definition) is 1. The number of ether oxygens (including phenoxy) is 2. The van der Waals surface area contributed by atoms with Crippen LogP contribution in [0.2, 0.25) is 10.0 Å². The first-order chi connectivity index (χ1) is 20.4. The summed E-state index contributed by atoms with van der Waals surface area (Å²) in [6.07, 6.45) is 5.58. The Labute approximate surface area is 265 Å². The van der Waals surface area contributed by atoms with E-state index >= 15 is 0 Å². The second-order valence-corrected chi connectivity index (χ2v) is 12.8. The second kappa shape index (κ2) is 15.8. The number of carbonyl (C=O) groups is 2. The van der Waals surface area contributed by atoms with Crippen molar-refractivity contribution in [1.82, 2.24) is 19.2 Å². The van der Waals surface area contributed by atoms with Gasteiger partial charge in [-0.2, -0.15) is 4.31 Å². The van der Waals surface area contributed by atoms with Crippen molar-refractivity contribution in [3.05, 3.63) is 70.6 Å². The molecule has 2 saturated heterocycles. The quantitative estimate of drug-likeness (QED) is 0.279. The van der Waals surface area contributed by atoms with Crippen molar-refractivity contribution in [2.24, 2.45) is 18.9 Å². The summed E-state index contributed by atoms with van der Waals surface area (Å²) in [5, 5.41) is 3.01. The highest BCUT2D eigenvalue weighted by atomic mass is 35.5. The smallest absolute Gasteiger partial charge is 0.315 e. The minimum Gasteiger partial charge on any atom is -0.426 e. The van der Waals surface area contributed by atoms with Crippen molar-refractivity contribution in [3.8, 4) is 11.5 Å². The molecule has 1 N–H and O–H groups in total. The Kier molecular flexibility index (Phi) is 12.7. The van der Waals surface area contributed by atoms with E-state index < -0.39 is 33.5 Å². The zero-order valence-corrected chi connectivity index (χ0v) is 25.5. The highest BCUT2D eigenvalue weighted by Crippen LogP contribution is 2.26. The molecule has 240 valence electrons. The Morgan fingerprint density at radius 3 is 2.02 bits per heavy atom. The number of halogens is 4. The summed E-state index contributed by atoms with van der Waals surface area (Å²) in [5.74, 6) is -2.77. The zero-order chi connectivity index (χ0) is 31.1. The van der Waals surface area contributed by atoms with Crippen molar-refractivity contribution in [2.75, 3.05) is 26.2 Å². The van der Waals surface area contributed by atoms with Crippen LogP contribution < -0.4 is 14.8 Å². The van der Waals surface area contributed by atoms with Crippen LogP contribution in [-0.2, 0) is 26.7 Å². The Morgan fingerprint density at radius 2 is 1.52 bits per heavy atom. The number of hydrogen-bond acceptors (Lipinski definition) is 8. The lowest BCUT2D eigenvalue weighted by molar-refractivity contribution is -0.140. The summed E-state index contributed by atoms with van der Waals surface area (Å²) < 4.78 is 64.9. The summed E-state index contributed by atoms with van der Waals surface area (Å²) >= 11 is 11.1. The molecule has 0 amide bonds. The van der Waals surface area contributed by atoms with Gasteiger partial charge < -0.3 is 19.4 Å². The fraction of sp³-hybridized carbons (Fsp3) is 0.414. The van der Waals surface area contributed by atoms with E-state index in [4.69, 9.17) is 32.7 Å². The first-order valence-corrected chi connectivity index (χ1v) is 15.7. The van der Waals surface area contributed by atoms with Crippen LogP contribution in [0.1, 0.15) is 33.1 Å². The molecular weight excluding hydrogens is 641 g/mol. The number of benzene rings is 2. The number of sulfonamides is 1. The van der Waals surface area contributed by atoms with Gasteiger partial charge in [0.15, 0.2) is 5.03 Å². The van der Waals surface area contributed by atoms with Crippen LogP contribution in [0.25, 0.3) is 0 Å². The molecule has 3 aromatic rings. The van der Waals surface area contributed by atoms with Gasteiger partial charge in [0.05, 0.1) is 28.2 Å². The molecule has 0 spiro atoms. The SMILES string of the molecule is C.Cn1cnc(S(=O)(=O)N2CCC[C@H](C(=O)Oc3ccc(Cl)c(F)c3)C2)c1.O=C(Oc1ccc(Cl)c(F)c1)[C@H]1CCCNC1. The first-order valence-electron chi connectivity index (χ1n) is 13.5. The van der Waals surface area contributed by atoms with Crippen LogP contribution in [0.15, 0.2) is 53.9 Å². The molecule has 15 heteroatoms. The predicted octanol–water partition coefficient (Wildman–Crippen LogP) is 5.24. The van der Waals surface area contributed by atoms with Crippen molar-refractivity contribution in [3.63, 3.8) is 0 Å². The fourth-order valence-corrected chi connectivity index (χ4v) is 6.27. The number of carbonyl (C=O) groups excluding carboxylic acids is 2. The molecule has 0 saturated carbocycles. The van der Waals surface area contributed by atoms with Gasteiger partial charge in [-0.05, 0) is 56.5 Å². The van der Waals surface area contributed by atoms with Crippen LogP contribution in [0.5, 0.6) is 11.5 Å². The molecule has 3 heterocycles. The number of aryl methyl sites for hydroxylation is 1. The topological polar surface area (TPSA) is 120 Å². The van der Waals surface area contributed by atoms with Crippen molar-refractivity contribution >= 4 is 45.2 Å². The van der Waals surface area contributed by atoms with Crippen LogP contribution in [0.3, 0.4) is 0 Å². The van der Waals surface area contributed by atoms with E-state index in [1.54, 1.807) is 7.05 Å². The Bertz CT molecular complexity index is 1570. The Balaban J connectivity index is 0.000000256. The van der Waals surface area contributed by atoms with Crippen molar-refractivity contribution in [1.29, 1.82) is 0 Å².